The van der Waals surface area contributed by atoms with Crippen LogP contribution < -0.4 is 10.3 Å². The molecule has 0 radical (unpaired) electrons. The van der Waals surface area contributed by atoms with Crippen molar-refractivity contribution >= 4 is 10.0 Å². The summed E-state index contributed by atoms with van der Waals surface area (Å²) in [6.45, 7) is 6.73. The number of aryl methyl sites for hydroxylation is 4. The lowest BCUT2D eigenvalue weighted by molar-refractivity contribution is 0.424. The molecule has 4 rings (SSSR count). The third-order valence-corrected chi connectivity index (χ3v) is 7.25. The van der Waals surface area contributed by atoms with Crippen LogP contribution in [0.25, 0.3) is 11.1 Å². The number of aromatic nitrogens is 1. The van der Waals surface area contributed by atoms with E-state index >= 15 is 0 Å². The summed E-state index contributed by atoms with van der Waals surface area (Å²) in [5.74, 6) is -0.218. The minimum atomic E-state index is -3.40. The number of sulfonamides is 1. The number of pyridine rings is 1. The first-order chi connectivity index (χ1) is 15.6. The van der Waals surface area contributed by atoms with Crippen LogP contribution in [-0.2, 0) is 29.4 Å². The van der Waals surface area contributed by atoms with Gasteiger partial charge in [-0.3, -0.25) is 4.79 Å². The molecule has 2 atom stereocenters. The highest BCUT2D eigenvalue weighted by Gasteiger charge is 2.34. The summed E-state index contributed by atoms with van der Waals surface area (Å²) in [5, 5.41) is 0. The molecule has 1 aliphatic rings. The highest BCUT2D eigenvalue weighted by atomic mass is 32.2. The number of fused-ring (bicyclic) bond motifs is 1. The van der Waals surface area contributed by atoms with Crippen LogP contribution in [-0.4, -0.2) is 25.3 Å². The second-order valence-corrected chi connectivity index (χ2v) is 11.0. The van der Waals surface area contributed by atoms with E-state index in [9.17, 15) is 13.2 Å². The molecule has 0 fully saturated rings. The highest BCUT2D eigenvalue weighted by Crippen LogP contribution is 2.34. The summed E-state index contributed by atoms with van der Waals surface area (Å²) in [6, 6.07) is 16.6. The van der Waals surface area contributed by atoms with Gasteiger partial charge in [0.15, 0.2) is 0 Å². The molecule has 0 saturated carbocycles. The van der Waals surface area contributed by atoms with E-state index in [0.29, 0.717) is 25.8 Å². The van der Waals surface area contributed by atoms with Crippen molar-refractivity contribution in [3.05, 3.63) is 92.9 Å². The molecule has 0 aliphatic heterocycles. The zero-order chi connectivity index (χ0) is 23.8. The van der Waals surface area contributed by atoms with E-state index in [1.54, 1.807) is 4.57 Å². The Hall–Kier alpha value is -2.70. The molecule has 2 aromatic carbocycles. The van der Waals surface area contributed by atoms with E-state index in [2.05, 4.69) is 55.0 Å². The molecule has 1 aromatic heterocycles. The summed E-state index contributed by atoms with van der Waals surface area (Å²) >= 11 is 0. The van der Waals surface area contributed by atoms with Crippen LogP contribution >= 0.6 is 0 Å². The van der Waals surface area contributed by atoms with Gasteiger partial charge in [-0.2, -0.15) is 0 Å². The van der Waals surface area contributed by atoms with E-state index < -0.39 is 10.0 Å². The van der Waals surface area contributed by atoms with Gasteiger partial charge in [0.2, 0.25) is 10.0 Å². The first kappa shape index (κ1) is 23.5. The predicted molar refractivity (Wildman–Crippen MR) is 134 cm³/mol. The molecular formula is C27H32N2O3S. The smallest absolute Gasteiger partial charge is 0.254 e. The number of hydrogen-bond acceptors (Lipinski definition) is 3. The standard InChI is InChI=1S/C27H32N2O3S/c1-5-29-12-11-21-9-10-25(28-33(4,31)32)24(26(21)27(29)30)17-20-7-6-8-22(16-20)23-14-18(2)13-19(3)15-23/h6-8,11-16,24-25,28H,5,9-10,17H2,1-4H3. The van der Waals surface area contributed by atoms with Gasteiger partial charge in [-0.05, 0) is 68.4 Å². The zero-order valence-corrected chi connectivity index (χ0v) is 20.6. The van der Waals surface area contributed by atoms with Crippen molar-refractivity contribution in [1.82, 2.24) is 9.29 Å². The molecule has 1 N–H and O–H groups in total. The van der Waals surface area contributed by atoms with Crippen molar-refractivity contribution in [3.8, 4) is 11.1 Å². The maximum absolute atomic E-state index is 13.3. The van der Waals surface area contributed by atoms with Gasteiger partial charge in [-0.15, -0.1) is 0 Å². The summed E-state index contributed by atoms with van der Waals surface area (Å²) in [5.41, 5.74) is 7.60. The molecule has 0 saturated heterocycles. The molecule has 6 heteroatoms. The molecule has 33 heavy (non-hydrogen) atoms. The fourth-order valence-electron chi connectivity index (χ4n) is 5.14. The summed E-state index contributed by atoms with van der Waals surface area (Å²) in [7, 11) is -3.40. The van der Waals surface area contributed by atoms with Crippen molar-refractivity contribution in [2.75, 3.05) is 6.26 Å². The first-order valence-electron chi connectivity index (χ1n) is 11.5. The first-order valence-corrected chi connectivity index (χ1v) is 13.4. The van der Waals surface area contributed by atoms with Crippen molar-refractivity contribution in [2.24, 2.45) is 0 Å². The molecule has 0 amide bonds. The lowest BCUT2D eigenvalue weighted by Gasteiger charge is -2.33. The Morgan fingerprint density at radius 2 is 1.76 bits per heavy atom. The SMILES string of the molecule is CCn1ccc2c(c1=O)C(Cc1cccc(-c3cc(C)cc(C)c3)c1)C(NS(C)(=O)=O)CC2. The number of benzene rings is 2. The monoisotopic (exact) mass is 464 g/mol. The van der Waals surface area contributed by atoms with Gasteiger partial charge in [-0.25, -0.2) is 13.1 Å². The topological polar surface area (TPSA) is 68.2 Å². The van der Waals surface area contributed by atoms with Crippen molar-refractivity contribution in [3.63, 3.8) is 0 Å². The van der Waals surface area contributed by atoms with Crippen LogP contribution in [0.1, 0.15) is 47.1 Å². The minimum Gasteiger partial charge on any atom is -0.316 e. The third-order valence-electron chi connectivity index (χ3n) is 6.52. The fraction of sp³-hybridized carbons (Fsp3) is 0.370. The fourth-order valence-corrected chi connectivity index (χ4v) is 5.97. The Bertz CT molecular complexity index is 1320. The maximum Gasteiger partial charge on any atom is 0.254 e. The molecule has 1 heterocycles. The van der Waals surface area contributed by atoms with Crippen LogP contribution in [0.2, 0.25) is 0 Å². The van der Waals surface area contributed by atoms with E-state index in [4.69, 9.17) is 0 Å². The Labute approximate surface area is 196 Å². The second-order valence-electron chi connectivity index (χ2n) is 9.27. The molecular weight excluding hydrogens is 432 g/mol. The quantitative estimate of drug-likeness (QED) is 0.590. The average molecular weight is 465 g/mol. The number of rotatable bonds is 6. The zero-order valence-electron chi connectivity index (χ0n) is 19.8. The molecule has 2 unspecified atom stereocenters. The van der Waals surface area contributed by atoms with Gasteiger partial charge in [0.25, 0.3) is 5.56 Å². The Morgan fingerprint density at radius 3 is 2.42 bits per heavy atom. The third kappa shape index (κ3) is 5.28. The summed E-state index contributed by atoms with van der Waals surface area (Å²) in [4.78, 5) is 13.3. The van der Waals surface area contributed by atoms with Crippen molar-refractivity contribution < 1.29 is 8.42 Å². The molecule has 0 bridgehead atoms. The summed E-state index contributed by atoms with van der Waals surface area (Å²) in [6.07, 6.45) is 5.01. The minimum absolute atomic E-state index is 0.00883. The van der Waals surface area contributed by atoms with Crippen LogP contribution in [0.3, 0.4) is 0 Å². The van der Waals surface area contributed by atoms with Gasteiger partial charge in [0, 0.05) is 30.3 Å². The van der Waals surface area contributed by atoms with Crippen molar-refractivity contribution in [2.45, 2.75) is 58.5 Å². The molecule has 5 nitrogen and oxygen atoms in total. The van der Waals surface area contributed by atoms with Gasteiger partial charge < -0.3 is 4.57 Å². The van der Waals surface area contributed by atoms with Gasteiger partial charge in [0.05, 0.1) is 6.26 Å². The Morgan fingerprint density at radius 1 is 1.03 bits per heavy atom. The van der Waals surface area contributed by atoms with E-state index in [0.717, 1.165) is 27.8 Å². The van der Waals surface area contributed by atoms with E-state index in [-0.39, 0.29) is 17.5 Å². The Balaban J connectivity index is 1.77. The summed E-state index contributed by atoms with van der Waals surface area (Å²) < 4.78 is 28.8. The highest BCUT2D eigenvalue weighted by molar-refractivity contribution is 7.88. The Kier molecular flexibility index (Phi) is 6.59. The van der Waals surface area contributed by atoms with E-state index in [1.165, 1.54) is 17.4 Å². The lowest BCUT2D eigenvalue weighted by atomic mass is 9.77. The van der Waals surface area contributed by atoms with Gasteiger partial charge in [0.1, 0.15) is 0 Å². The number of nitrogens with zero attached hydrogens (tertiary/aromatic N) is 1. The van der Waals surface area contributed by atoms with Crippen LogP contribution in [0.15, 0.2) is 59.5 Å². The normalized spacial score (nSPS) is 18.2. The molecule has 1 aliphatic carbocycles. The molecule has 174 valence electrons. The largest absolute Gasteiger partial charge is 0.316 e. The van der Waals surface area contributed by atoms with Crippen LogP contribution in [0, 0.1) is 13.8 Å². The predicted octanol–water partition coefficient (Wildman–Crippen LogP) is 4.34. The number of nitrogens with one attached hydrogen (secondary N) is 1. The van der Waals surface area contributed by atoms with Crippen molar-refractivity contribution in [1.29, 1.82) is 0 Å². The average Bonchev–Trinajstić information content (AvgIpc) is 2.74. The molecule has 3 aromatic rings. The number of hydrogen-bond donors (Lipinski definition) is 1. The lowest BCUT2D eigenvalue weighted by Crippen LogP contribution is -2.45. The maximum atomic E-state index is 13.3. The van der Waals surface area contributed by atoms with E-state index in [1.807, 2.05) is 25.3 Å². The van der Waals surface area contributed by atoms with Gasteiger partial charge >= 0.3 is 0 Å². The molecule has 0 spiro atoms. The van der Waals surface area contributed by atoms with Crippen LogP contribution in [0.5, 0.6) is 0 Å². The second kappa shape index (κ2) is 9.27. The van der Waals surface area contributed by atoms with Gasteiger partial charge in [-0.1, -0.05) is 53.6 Å². The van der Waals surface area contributed by atoms with Crippen LogP contribution in [0.4, 0.5) is 0 Å².